The molecular formula is C9H3F17O5S. The van der Waals surface area contributed by atoms with E-state index in [4.69, 9.17) is 0 Å². The van der Waals surface area contributed by atoms with Gasteiger partial charge in [-0.25, -0.2) is 0 Å². The minimum atomic E-state index is -8.16. The summed E-state index contributed by atoms with van der Waals surface area (Å²) in [6.45, 7) is 0. The van der Waals surface area contributed by atoms with Crippen molar-refractivity contribution in [2.45, 2.75) is 47.6 Å². The Morgan fingerprint density at radius 3 is 1.06 bits per heavy atom. The minimum Gasteiger partial charge on any atom is -0.319 e. The van der Waals surface area contributed by atoms with E-state index in [-0.39, 0.29) is 0 Å². The summed E-state index contributed by atoms with van der Waals surface area (Å²) in [6, 6.07) is 0. The van der Waals surface area contributed by atoms with Gasteiger partial charge >= 0.3 is 57.9 Å². The summed E-state index contributed by atoms with van der Waals surface area (Å²) in [4.78, 5) is 0. The normalized spacial score (nSPS) is 19.4. The molecule has 0 saturated heterocycles. The van der Waals surface area contributed by atoms with Crippen LogP contribution in [0.15, 0.2) is 0 Å². The lowest BCUT2D eigenvalue weighted by molar-refractivity contribution is -0.562. The predicted molar refractivity (Wildman–Crippen MR) is 58.8 cm³/mol. The summed E-state index contributed by atoms with van der Waals surface area (Å²) in [6.07, 6.45) is -38.4. The van der Waals surface area contributed by atoms with Crippen molar-refractivity contribution in [3.8, 4) is 0 Å². The van der Waals surface area contributed by atoms with Crippen molar-refractivity contribution in [3.05, 3.63) is 0 Å². The largest absolute Gasteiger partial charge is 0.464 e. The maximum atomic E-state index is 13.7. The van der Waals surface area contributed by atoms with Crippen molar-refractivity contribution >= 4 is 10.2 Å². The van der Waals surface area contributed by atoms with E-state index in [1.165, 1.54) is 9.47 Å². The van der Waals surface area contributed by atoms with Crippen LogP contribution in [0.2, 0.25) is 0 Å². The van der Waals surface area contributed by atoms with Gasteiger partial charge in [-0.05, 0) is 0 Å². The molecule has 23 heteroatoms. The van der Waals surface area contributed by atoms with Gasteiger partial charge in [0.05, 0.1) is 0 Å². The highest BCUT2D eigenvalue weighted by molar-refractivity contribution is 7.87. The van der Waals surface area contributed by atoms with Gasteiger partial charge in [0.15, 0.2) is 0 Å². The Morgan fingerprint density at radius 1 is 0.531 bits per heavy atom. The first-order chi connectivity index (χ1) is 13.5. The Bertz CT molecular complexity index is 787. The molecule has 0 aliphatic carbocycles. The fourth-order valence-electron chi connectivity index (χ4n) is 1.32. The monoisotopic (exact) mass is 546 g/mol. The third kappa shape index (κ3) is 4.78. The van der Waals surface area contributed by atoms with Crippen molar-refractivity contribution < 1.29 is 96.8 Å². The highest BCUT2D eigenvalue weighted by atomic mass is 32.3. The molecule has 0 spiro atoms. The molecule has 0 aromatic heterocycles. The molecule has 0 N–H and O–H groups in total. The van der Waals surface area contributed by atoms with Crippen LogP contribution in [-0.4, -0.2) is 63.2 Å². The Morgan fingerprint density at radius 2 is 0.812 bits per heavy atom. The molecule has 0 bridgehead atoms. The van der Waals surface area contributed by atoms with Crippen LogP contribution < -0.4 is 0 Å². The number of ether oxygens (including phenoxy) is 3. The third-order valence-corrected chi connectivity index (χ3v) is 3.77. The van der Waals surface area contributed by atoms with Gasteiger partial charge in [-0.15, -0.1) is 0 Å². The molecular weight excluding hydrogens is 543 g/mol. The number of methoxy groups -OCH3 is 1. The first-order valence-corrected chi connectivity index (χ1v) is 7.78. The molecule has 0 amide bonds. The number of halogens is 17. The van der Waals surface area contributed by atoms with E-state index in [9.17, 15) is 82.6 Å². The van der Waals surface area contributed by atoms with Gasteiger partial charge in [0.1, 0.15) is 0 Å². The van der Waals surface area contributed by atoms with Crippen molar-refractivity contribution in [1.29, 1.82) is 0 Å². The van der Waals surface area contributed by atoms with Crippen LogP contribution in [0.4, 0.5) is 74.1 Å². The Kier molecular flexibility index (Phi) is 7.52. The molecule has 0 saturated carbocycles. The zero-order valence-corrected chi connectivity index (χ0v) is 14.7. The lowest BCUT2D eigenvalue weighted by Crippen LogP contribution is -2.69. The first kappa shape index (κ1) is 30.6. The van der Waals surface area contributed by atoms with Crippen LogP contribution in [0.5, 0.6) is 0 Å². The molecule has 0 radical (unpaired) electrons. The first-order valence-electron chi connectivity index (χ1n) is 6.39. The number of hydrogen-bond donors (Lipinski definition) is 0. The van der Waals surface area contributed by atoms with Crippen molar-refractivity contribution in [1.82, 2.24) is 0 Å². The molecule has 0 fully saturated rings. The fourth-order valence-corrected chi connectivity index (χ4v) is 1.64. The van der Waals surface area contributed by atoms with Gasteiger partial charge in [-0.1, -0.05) is 3.89 Å². The van der Waals surface area contributed by atoms with Gasteiger partial charge in [0.25, 0.3) is 0 Å². The summed E-state index contributed by atoms with van der Waals surface area (Å²) in [7, 11) is -8.74. The van der Waals surface area contributed by atoms with Gasteiger partial charge < -0.3 is 4.74 Å². The van der Waals surface area contributed by atoms with Crippen LogP contribution >= 0.6 is 0 Å². The number of hydrogen-bond acceptors (Lipinski definition) is 5. The van der Waals surface area contributed by atoms with Gasteiger partial charge in [0, 0.05) is 7.11 Å². The molecule has 2 unspecified atom stereocenters. The topological polar surface area (TPSA) is 61.8 Å². The standard InChI is InChI=1S/C9H3F17O5S/c1-29-6(18,19)2(10,4(12,13)14)30-7(20,21)3(11,5(15,16)17)31-8(22,23)9(24,25)32(26,27)28/h1H3. The lowest BCUT2D eigenvalue weighted by atomic mass is 10.2. The maximum Gasteiger partial charge on any atom is 0.464 e. The van der Waals surface area contributed by atoms with E-state index in [1.807, 2.05) is 0 Å². The molecule has 0 aromatic carbocycles. The minimum absolute atomic E-state index is 0.606. The molecule has 2 atom stereocenters. The average Bonchev–Trinajstić information content (AvgIpc) is 2.50. The van der Waals surface area contributed by atoms with E-state index >= 15 is 0 Å². The van der Waals surface area contributed by atoms with Gasteiger partial charge in [-0.3, -0.25) is 9.47 Å². The Labute approximate surface area is 163 Å². The van der Waals surface area contributed by atoms with Crippen molar-refractivity contribution in [3.63, 3.8) is 0 Å². The van der Waals surface area contributed by atoms with Crippen LogP contribution in [0.25, 0.3) is 0 Å². The number of alkyl halides is 16. The summed E-state index contributed by atoms with van der Waals surface area (Å²) in [5.74, 6) is -15.7. The molecule has 0 rings (SSSR count). The highest BCUT2D eigenvalue weighted by Gasteiger charge is 2.86. The van der Waals surface area contributed by atoms with E-state index in [1.54, 1.807) is 0 Å². The zero-order chi connectivity index (χ0) is 26.6. The SMILES string of the molecule is COC(F)(F)C(F)(OC(F)(F)C(F)(OC(F)(F)C(F)(F)S(=O)(=O)F)C(F)(F)F)C(F)(F)F. The van der Waals surface area contributed by atoms with Crippen LogP contribution in [-0.2, 0) is 24.4 Å². The number of rotatable bonds is 9. The summed E-state index contributed by atoms with van der Waals surface area (Å²) >= 11 is 0. The fraction of sp³-hybridized carbons (Fsp3) is 1.00. The van der Waals surface area contributed by atoms with Crippen molar-refractivity contribution in [2.75, 3.05) is 7.11 Å². The van der Waals surface area contributed by atoms with Crippen molar-refractivity contribution in [2.24, 2.45) is 0 Å². The Balaban J connectivity index is 6.87. The lowest BCUT2D eigenvalue weighted by Gasteiger charge is -2.41. The van der Waals surface area contributed by atoms with E-state index in [0.717, 1.165) is 0 Å². The second-order valence-electron chi connectivity index (χ2n) is 5.10. The highest BCUT2D eigenvalue weighted by Crippen LogP contribution is 2.57. The molecule has 0 aromatic rings. The zero-order valence-electron chi connectivity index (χ0n) is 13.9. The van der Waals surface area contributed by atoms with Crippen LogP contribution in [0.1, 0.15) is 0 Å². The van der Waals surface area contributed by atoms with Gasteiger partial charge in [-0.2, -0.15) is 78.7 Å². The second-order valence-corrected chi connectivity index (χ2v) is 6.49. The maximum absolute atomic E-state index is 13.7. The quantitative estimate of drug-likeness (QED) is 0.308. The van der Waals surface area contributed by atoms with E-state index in [0.29, 0.717) is 0 Å². The average molecular weight is 546 g/mol. The summed E-state index contributed by atoms with van der Waals surface area (Å²) in [5.41, 5.74) is 0. The van der Waals surface area contributed by atoms with Gasteiger partial charge in [0.2, 0.25) is 0 Å². The summed E-state index contributed by atoms with van der Waals surface area (Å²) in [5, 5.41) is -7.65. The molecule has 0 heterocycles. The third-order valence-electron chi connectivity index (χ3n) is 2.92. The molecule has 194 valence electrons. The van der Waals surface area contributed by atoms with Crippen LogP contribution in [0, 0.1) is 0 Å². The smallest absolute Gasteiger partial charge is 0.319 e. The summed E-state index contributed by atoms with van der Waals surface area (Å²) < 4.78 is 244. The molecule has 0 aliphatic heterocycles. The predicted octanol–water partition coefficient (Wildman–Crippen LogP) is 4.79. The Hall–Kier alpha value is -1.36. The molecule has 32 heavy (non-hydrogen) atoms. The van der Waals surface area contributed by atoms with E-state index < -0.39 is 65.0 Å². The second kappa shape index (κ2) is 7.85. The molecule has 5 nitrogen and oxygen atoms in total. The van der Waals surface area contributed by atoms with Crippen LogP contribution in [0.3, 0.4) is 0 Å². The van der Waals surface area contributed by atoms with E-state index in [2.05, 4.69) is 4.74 Å². The molecule has 0 aliphatic rings.